The zero-order valence-electron chi connectivity index (χ0n) is 17.3. The maximum absolute atomic E-state index is 5.60. The van der Waals surface area contributed by atoms with Crippen LogP contribution in [0.15, 0.2) is 22.5 Å². The van der Waals surface area contributed by atoms with Crippen LogP contribution in [0, 0.1) is 0 Å². The summed E-state index contributed by atoms with van der Waals surface area (Å²) in [5.74, 6) is 3.54. The minimum Gasteiger partial charge on any atom is -0.379 e. The fourth-order valence-electron chi connectivity index (χ4n) is 4.34. The maximum Gasteiger partial charge on any atom is 0.194 e. The summed E-state index contributed by atoms with van der Waals surface area (Å²) in [6, 6.07) is 4.37. The van der Waals surface area contributed by atoms with E-state index < -0.39 is 0 Å². The van der Waals surface area contributed by atoms with Crippen LogP contribution in [0.25, 0.3) is 0 Å². The molecule has 1 aromatic rings. The summed E-state index contributed by atoms with van der Waals surface area (Å²) >= 11 is 3.92. The van der Waals surface area contributed by atoms with Crippen molar-refractivity contribution in [2.75, 3.05) is 82.0 Å². The van der Waals surface area contributed by atoms with Crippen LogP contribution in [-0.2, 0) is 4.74 Å². The topological polar surface area (TPSA) is 43.3 Å². The number of hydrogen-bond donors (Lipinski definition) is 1. The highest BCUT2D eigenvalue weighted by Crippen LogP contribution is 2.34. The molecule has 0 aliphatic carbocycles. The summed E-state index contributed by atoms with van der Waals surface area (Å²) in [6.07, 6.45) is 1.24. The van der Waals surface area contributed by atoms with Crippen molar-refractivity contribution in [2.45, 2.75) is 18.9 Å². The number of thiophene rings is 1. The Hall–Kier alpha value is -0.230. The number of morpholine rings is 1. The van der Waals surface area contributed by atoms with Crippen LogP contribution in [0.4, 0.5) is 5.00 Å². The number of halogens is 1. The molecule has 1 unspecified atom stereocenters. The molecule has 3 fully saturated rings. The normalized spacial score (nSPS) is 26.4. The van der Waals surface area contributed by atoms with Crippen LogP contribution >= 0.6 is 47.1 Å². The van der Waals surface area contributed by atoms with Gasteiger partial charge in [-0.1, -0.05) is 0 Å². The Kier molecular flexibility index (Phi) is 9.22. The average molecular weight is 552 g/mol. The molecule has 3 aliphatic rings. The lowest BCUT2D eigenvalue weighted by Crippen LogP contribution is -2.57. The Bertz CT molecular complexity index is 625. The number of piperazine rings is 1. The van der Waals surface area contributed by atoms with Crippen LogP contribution in [0.3, 0.4) is 0 Å². The van der Waals surface area contributed by atoms with Crippen molar-refractivity contribution in [3.8, 4) is 0 Å². The Morgan fingerprint density at radius 2 is 2.00 bits per heavy atom. The van der Waals surface area contributed by atoms with Crippen molar-refractivity contribution >= 4 is 58.0 Å². The molecule has 0 bridgehead atoms. The summed E-state index contributed by atoms with van der Waals surface area (Å²) in [5, 5.41) is 7.11. The van der Waals surface area contributed by atoms with Crippen molar-refractivity contribution in [2.24, 2.45) is 4.99 Å². The third-order valence-electron chi connectivity index (χ3n) is 6.02. The fourth-order valence-corrected chi connectivity index (χ4v) is 6.60. The van der Waals surface area contributed by atoms with Crippen molar-refractivity contribution in [1.82, 2.24) is 15.1 Å². The summed E-state index contributed by atoms with van der Waals surface area (Å²) in [5.41, 5.74) is 0.216. The quantitative estimate of drug-likeness (QED) is 0.345. The van der Waals surface area contributed by atoms with Gasteiger partial charge in [-0.25, -0.2) is 0 Å². The summed E-state index contributed by atoms with van der Waals surface area (Å²) in [6.45, 7) is 12.0. The van der Waals surface area contributed by atoms with Gasteiger partial charge in [-0.15, -0.1) is 35.3 Å². The van der Waals surface area contributed by atoms with Crippen molar-refractivity contribution in [3.63, 3.8) is 0 Å². The van der Waals surface area contributed by atoms with Gasteiger partial charge in [-0.3, -0.25) is 9.89 Å². The van der Waals surface area contributed by atoms with Crippen molar-refractivity contribution in [1.29, 1.82) is 0 Å². The lowest BCUT2D eigenvalue weighted by atomic mass is 9.96. The second-order valence-electron chi connectivity index (χ2n) is 7.72. The molecule has 0 saturated carbocycles. The van der Waals surface area contributed by atoms with Gasteiger partial charge in [0.05, 0.1) is 30.3 Å². The molecule has 1 aromatic heterocycles. The van der Waals surface area contributed by atoms with Crippen molar-refractivity contribution in [3.05, 3.63) is 17.5 Å². The first-order valence-corrected chi connectivity index (χ1v) is 12.6. The Morgan fingerprint density at radius 3 is 2.62 bits per heavy atom. The van der Waals surface area contributed by atoms with E-state index in [0.29, 0.717) is 0 Å². The molecule has 6 nitrogen and oxygen atoms in total. The van der Waals surface area contributed by atoms with Gasteiger partial charge in [0, 0.05) is 51.6 Å². The van der Waals surface area contributed by atoms with E-state index in [1.165, 1.54) is 22.9 Å². The fraction of sp³-hybridized carbons (Fsp3) is 0.750. The average Bonchev–Trinajstić information content (AvgIpc) is 3.45. The standard InChI is InChI=1S/C20H33N5OS2.HI/c1-2-21-19(24-8-6-23(7-9-24)18-4-3-14-28-18)22-16-20(5-15-27-17-20)25-10-12-26-13-11-25;/h3-4,14H,2,5-13,15-17H2,1H3,(H,21,22);1H. The molecule has 4 heterocycles. The predicted molar refractivity (Wildman–Crippen MR) is 137 cm³/mol. The van der Waals surface area contributed by atoms with E-state index in [0.717, 1.165) is 71.5 Å². The van der Waals surface area contributed by atoms with Gasteiger partial charge >= 0.3 is 0 Å². The number of nitrogens with zero attached hydrogens (tertiary/aromatic N) is 4. The van der Waals surface area contributed by atoms with E-state index in [9.17, 15) is 0 Å². The second-order valence-corrected chi connectivity index (χ2v) is 9.75. The summed E-state index contributed by atoms with van der Waals surface area (Å²) in [7, 11) is 0. The van der Waals surface area contributed by atoms with E-state index in [1.807, 2.05) is 11.3 Å². The number of thioether (sulfide) groups is 1. The molecule has 9 heteroatoms. The number of ether oxygens (including phenoxy) is 1. The van der Waals surface area contributed by atoms with Crippen LogP contribution in [0.5, 0.6) is 0 Å². The molecule has 3 saturated heterocycles. The minimum absolute atomic E-state index is 0. The monoisotopic (exact) mass is 551 g/mol. The molecular weight excluding hydrogens is 517 g/mol. The molecule has 164 valence electrons. The number of hydrogen-bond acceptors (Lipinski definition) is 6. The largest absolute Gasteiger partial charge is 0.379 e. The van der Waals surface area contributed by atoms with Gasteiger partial charge in [0.1, 0.15) is 0 Å². The highest BCUT2D eigenvalue weighted by Gasteiger charge is 2.40. The van der Waals surface area contributed by atoms with E-state index >= 15 is 0 Å². The van der Waals surface area contributed by atoms with E-state index in [-0.39, 0.29) is 29.5 Å². The highest BCUT2D eigenvalue weighted by atomic mass is 127. The lowest BCUT2D eigenvalue weighted by Gasteiger charge is -2.42. The second kappa shape index (κ2) is 11.4. The zero-order valence-corrected chi connectivity index (χ0v) is 21.3. The molecular formula is C20H34IN5OS2. The number of anilines is 1. The van der Waals surface area contributed by atoms with Gasteiger partial charge in [-0.05, 0) is 36.6 Å². The lowest BCUT2D eigenvalue weighted by molar-refractivity contribution is -0.0105. The first-order chi connectivity index (χ1) is 13.8. The van der Waals surface area contributed by atoms with Crippen molar-refractivity contribution < 1.29 is 4.74 Å². The zero-order chi connectivity index (χ0) is 19.2. The van der Waals surface area contributed by atoms with E-state index in [2.05, 4.69) is 56.2 Å². The van der Waals surface area contributed by atoms with E-state index in [4.69, 9.17) is 9.73 Å². The first kappa shape index (κ1) is 23.4. The number of nitrogens with one attached hydrogen (secondary N) is 1. The van der Waals surface area contributed by atoms with Gasteiger partial charge in [0.2, 0.25) is 0 Å². The number of guanidine groups is 1. The maximum atomic E-state index is 5.60. The Morgan fingerprint density at radius 1 is 1.21 bits per heavy atom. The van der Waals surface area contributed by atoms with Crippen LogP contribution in [0.2, 0.25) is 0 Å². The Labute approximate surface area is 200 Å². The van der Waals surface area contributed by atoms with Gasteiger partial charge < -0.3 is 19.9 Å². The summed E-state index contributed by atoms with van der Waals surface area (Å²) < 4.78 is 5.60. The molecule has 1 atom stereocenters. The van der Waals surface area contributed by atoms with Gasteiger partial charge in [-0.2, -0.15) is 11.8 Å². The van der Waals surface area contributed by atoms with Gasteiger partial charge in [0.25, 0.3) is 0 Å². The number of rotatable bonds is 5. The Balaban J connectivity index is 0.00000240. The third-order valence-corrected chi connectivity index (χ3v) is 8.18. The van der Waals surface area contributed by atoms with Gasteiger partial charge in [0.15, 0.2) is 5.96 Å². The molecule has 4 rings (SSSR count). The molecule has 3 aliphatic heterocycles. The molecule has 1 N–H and O–H groups in total. The first-order valence-electron chi connectivity index (χ1n) is 10.5. The third kappa shape index (κ3) is 5.72. The van der Waals surface area contributed by atoms with E-state index in [1.54, 1.807) is 0 Å². The molecule has 0 spiro atoms. The summed E-state index contributed by atoms with van der Waals surface area (Å²) in [4.78, 5) is 12.8. The molecule has 0 radical (unpaired) electrons. The molecule has 0 amide bonds. The molecule has 0 aromatic carbocycles. The highest BCUT2D eigenvalue weighted by molar-refractivity contribution is 14.0. The van der Waals surface area contributed by atoms with Crippen LogP contribution in [-0.4, -0.2) is 98.4 Å². The SMILES string of the molecule is CCNC(=NCC1(N2CCOCC2)CCSC1)N1CCN(c2cccs2)CC1.I. The predicted octanol–water partition coefficient (Wildman–Crippen LogP) is 2.66. The molecule has 29 heavy (non-hydrogen) atoms. The smallest absolute Gasteiger partial charge is 0.194 e. The minimum atomic E-state index is 0. The number of aliphatic imine (C=N–C) groups is 1. The van der Waals surface area contributed by atoms with Crippen LogP contribution < -0.4 is 10.2 Å². The van der Waals surface area contributed by atoms with Crippen LogP contribution in [0.1, 0.15) is 13.3 Å².